The molecule has 148 valence electrons. The lowest BCUT2D eigenvalue weighted by Gasteiger charge is -2.22. The molecule has 0 radical (unpaired) electrons. The molecule has 2 heterocycles. The molecular formula is C21H26N4O3. The maximum atomic E-state index is 12.3. The van der Waals surface area contributed by atoms with Crippen molar-refractivity contribution in [2.75, 3.05) is 6.54 Å². The van der Waals surface area contributed by atoms with E-state index >= 15 is 0 Å². The summed E-state index contributed by atoms with van der Waals surface area (Å²) in [4.78, 5) is 30.8. The Hall–Kier alpha value is -2.70. The third-order valence-electron chi connectivity index (χ3n) is 5.73. The van der Waals surface area contributed by atoms with E-state index in [9.17, 15) is 9.59 Å². The SMILES string of the molecule is O=C(NCc1noc([C@@H]2CCC(=O)N2CCc2ccccc2)n1)C1CCCC1. The monoisotopic (exact) mass is 382 g/mol. The first-order valence-electron chi connectivity index (χ1n) is 10.1. The second-order valence-electron chi connectivity index (χ2n) is 7.63. The van der Waals surface area contributed by atoms with Crippen molar-refractivity contribution in [3.8, 4) is 0 Å². The van der Waals surface area contributed by atoms with Gasteiger partial charge in [-0.25, -0.2) is 0 Å². The summed E-state index contributed by atoms with van der Waals surface area (Å²) in [7, 11) is 0. The van der Waals surface area contributed by atoms with Crippen LogP contribution in [0.25, 0.3) is 0 Å². The Morgan fingerprint density at radius 2 is 1.96 bits per heavy atom. The van der Waals surface area contributed by atoms with Crippen LogP contribution in [0.4, 0.5) is 0 Å². The van der Waals surface area contributed by atoms with Crippen LogP contribution >= 0.6 is 0 Å². The molecule has 1 aliphatic heterocycles. The van der Waals surface area contributed by atoms with E-state index in [4.69, 9.17) is 4.52 Å². The highest BCUT2D eigenvalue weighted by molar-refractivity contribution is 5.79. The van der Waals surface area contributed by atoms with E-state index in [0.29, 0.717) is 31.1 Å². The van der Waals surface area contributed by atoms with Crippen molar-refractivity contribution in [1.29, 1.82) is 0 Å². The molecule has 2 aromatic rings. The van der Waals surface area contributed by atoms with Gasteiger partial charge in [-0.15, -0.1) is 0 Å². The molecule has 28 heavy (non-hydrogen) atoms. The highest BCUT2D eigenvalue weighted by Crippen LogP contribution is 2.32. The minimum Gasteiger partial charge on any atom is -0.348 e. The lowest BCUT2D eigenvalue weighted by atomic mass is 10.1. The largest absolute Gasteiger partial charge is 0.348 e. The number of likely N-dealkylation sites (tertiary alicyclic amines) is 1. The molecule has 1 aromatic heterocycles. The van der Waals surface area contributed by atoms with Crippen molar-refractivity contribution in [3.63, 3.8) is 0 Å². The molecule has 1 aliphatic carbocycles. The van der Waals surface area contributed by atoms with Crippen molar-refractivity contribution in [2.45, 2.75) is 57.5 Å². The fourth-order valence-corrected chi connectivity index (χ4v) is 4.14. The lowest BCUT2D eigenvalue weighted by molar-refractivity contribution is -0.129. The number of nitrogens with zero attached hydrogens (tertiary/aromatic N) is 3. The van der Waals surface area contributed by atoms with Crippen LogP contribution in [0.1, 0.15) is 61.8 Å². The zero-order chi connectivity index (χ0) is 19.3. The van der Waals surface area contributed by atoms with Gasteiger partial charge in [-0.3, -0.25) is 9.59 Å². The molecule has 4 rings (SSSR count). The van der Waals surface area contributed by atoms with Gasteiger partial charge in [0.05, 0.1) is 6.54 Å². The predicted octanol–water partition coefficient (Wildman–Crippen LogP) is 2.78. The highest BCUT2D eigenvalue weighted by atomic mass is 16.5. The van der Waals surface area contributed by atoms with E-state index in [1.165, 1.54) is 5.56 Å². The molecule has 1 N–H and O–H groups in total. The van der Waals surface area contributed by atoms with Crippen molar-refractivity contribution in [1.82, 2.24) is 20.4 Å². The summed E-state index contributed by atoms with van der Waals surface area (Å²) in [6.45, 7) is 0.896. The van der Waals surface area contributed by atoms with Crippen LogP contribution in [0.2, 0.25) is 0 Å². The third-order valence-corrected chi connectivity index (χ3v) is 5.73. The van der Waals surface area contributed by atoms with Gasteiger partial charge in [-0.1, -0.05) is 48.3 Å². The molecular weight excluding hydrogens is 356 g/mol. The number of nitrogens with one attached hydrogen (secondary N) is 1. The predicted molar refractivity (Wildman–Crippen MR) is 102 cm³/mol. The van der Waals surface area contributed by atoms with E-state index in [-0.39, 0.29) is 30.3 Å². The normalized spacial score (nSPS) is 20.1. The second kappa shape index (κ2) is 8.54. The van der Waals surface area contributed by atoms with Gasteiger partial charge in [-0.05, 0) is 31.2 Å². The summed E-state index contributed by atoms with van der Waals surface area (Å²) < 4.78 is 5.43. The molecule has 0 spiro atoms. The quantitative estimate of drug-likeness (QED) is 0.795. The first kappa shape index (κ1) is 18.7. The Morgan fingerprint density at radius 1 is 1.18 bits per heavy atom. The Kier molecular flexibility index (Phi) is 5.69. The van der Waals surface area contributed by atoms with Gasteiger partial charge < -0.3 is 14.7 Å². The molecule has 1 atom stereocenters. The zero-order valence-corrected chi connectivity index (χ0v) is 16.0. The zero-order valence-electron chi connectivity index (χ0n) is 16.0. The minimum atomic E-state index is -0.178. The molecule has 7 nitrogen and oxygen atoms in total. The van der Waals surface area contributed by atoms with Gasteiger partial charge in [0.2, 0.25) is 17.7 Å². The maximum Gasteiger partial charge on any atom is 0.249 e. The minimum absolute atomic E-state index is 0.0735. The Balaban J connectivity index is 1.34. The Bertz CT molecular complexity index is 814. The van der Waals surface area contributed by atoms with Gasteiger partial charge >= 0.3 is 0 Å². The maximum absolute atomic E-state index is 12.3. The number of carbonyl (C=O) groups is 2. The summed E-state index contributed by atoms with van der Waals surface area (Å²) in [5.41, 5.74) is 1.20. The van der Waals surface area contributed by atoms with Gasteiger partial charge in [-0.2, -0.15) is 4.98 Å². The van der Waals surface area contributed by atoms with Crippen LogP contribution in [0, 0.1) is 5.92 Å². The smallest absolute Gasteiger partial charge is 0.249 e. The van der Waals surface area contributed by atoms with Crippen LogP contribution in [0.3, 0.4) is 0 Å². The number of amides is 2. The standard InChI is InChI=1S/C21H26N4O3/c26-19-11-10-17(25(19)13-12-15-6-2-1-3-7-15)21-23-18(24-28-21)14-22-20(27)16-8-4-5-9-16/h1-3,6-7,16-17H,4-5,8-14H2,(H,22,27)/t17-/m0/s1. The Labute approximate surface area is 164 Å². The number of hydrogen-bond donors (Lipinski definition) is 1. The highest BCUT2D eigenvalue weighted by Gasteiger charge is 2.35. The van der Waals surface area contributed by atoms with Crippen LogP contribution in [-0.4, -0.2) is 33.4 Å². The van der Waals surface area contributed by atoms with Gasteiger partial charge in [0.15, 0.2) is 5.82 Å². The summed E-state index contributed by atoms with van der Waals surface area (Å²) in [6, 6.07) is 9.94. The first-order valence-corrected chi connectivity index (χ1v) is 10.1. The molecule has 0 bridgehead atoms. The molecule has 0 unspecified atom stereocenters. The second-order valence-corrected chi connectivity index (χ2v) is 7.63. The van der Waals surface area contributed by atoms with E-state index in [1.54, 1.807) is 0 Å². The van der Waals surface area contributed by atoms with Gasteiger partial charge in [0, 0.05) is 18.9 Å². The molecule has 2 fully saturated rings. The summed E-state index contributed by atoms with van der Waals surface area (Å²) >= 11 is 0. The van der Waals surface area contributed by atoms with Crippen LogP contribution in [-0.2, 0) is 22.6 Å². The first-order chi connectivity index (χ1) is 13.7. The van der Waals surface area contributed by atoms with E-state index < -0.39 is 0 Å². The summed E-state index contributed by atoms with van der Waals surface area (Å²) in [6.07, 6.45) is 6.15. The van der Waals surface area contributed by atoms with Crippen molar-refractivity contribution in [3.05, 3.63) is 47.6 Å². The van der Waals surface area contributed by atoms with Crippen molar-refractivity contribution < 1.29 is 14.1 Å². The van der Waals surface area contributed by atoms with Crippen molar-refractivity contribution in [2.24, 2.45) is 5.92 Å². The van der Waals surface area contributed by atoms with Crippen molar-refractivity contribution >= 4 is 11.8 Å². The van der Waals surface area contributed by atoms with Crippen LogP contribution in [0.15, 0.2) is 34.9 Å². The summed E-state index contributed by atoms with van der Waals surface area (Å²) in [5.74, 6) is 1.24. The molecule has 2 amide bonds. The Morgan fingerprint density at radius 3 is 2.75 bits per heavy atom. The van der Waals surface area contributed by atoms with Gasteiger partial charge in [0.25, 0.3) is 0 Å². The molecule has 1 saturated carbocycles. The van der Waals surface area contributed by atoms with Crippen LogP contribution < -0.4 is 5.32 Å². The molecule has 2 aliphatic rings. The van der Waals surface area contributed by atoms with E-state index in [0.717, 1.165) is 32.1 Å². The number of aromatic nitrogens is 2. The topological polar surface area (TPSA) is 88.3 Å². The average molecular weight is 382 g/mol. The molecule has 1 aromatic carbocycles. The number of benzene rings is 1. The number of carbonyl (C=O) groups excluding carboxylic acids is 2. The van der Waals surface area contributed by atoms with E-state index in [2.05, 4.69) is 27.6 Å². The molecule has 1 saturated heterocycles. The van der Waals surface area contributed by atoms with Gasteiger partial charge in [0.1, 0.15) is 6.04 Å². The molecule has 7 heteroatoms. The fraction of sp³-hybridized carbons (Fsp3) is 0.524. The lowest BCUT2D eigenvalue weighted by Crippen LogP contribution is -2.30. The summed E-state index contributed by atoms with van der Waals surface area (Å²) in [5, 5.41) is 6.91. The third kappa shape index (κ3) is 4.24. The average Bonchev–Trinajstić information content (AvgIpc) is 3.46. The van der Waals surface area contributed by atoms with Crippen LogP contribution in [0.5, 0.6) is 0 Å². The number of rotatable bonds is 7. The number of hydrogen-bond acceptors (Lipinski definition) is 5. The fourth-order valence-electron chi connectivity index (χ4n) is 4.14. The van der Waals surface area contributed by atoms with E-state index in [1.807, 2.05) is 23.1 Å².